The van der Waals surface area contributed by atoms with E-state index in [4.69, 9.17) is 11.6 Å². The first-order chi connectivity index (χ1) is 15.8. The van der Waals surface area contributed by atoms with Gasteiger partial charge in [0, 0.05) is 21.4 Å². The first-order valence-corrected chi connectivity index (χ1v) is 11.1. The van der Waals surface area contributed by atoms with Crippen LogP contribution in [0.25, 0.3) is 49.7 Å². The topological polar surface area (TPSA) is 4.93 Å². The molecule has 1 aromatic heterocycles. The highest BCUT2D eigenvalue weighted by molar-refractivity contribution is 6.31. The predicted octanol–water partition coefficient (Wildman–Crippen LogP) is 8.77. The van der Waals surface area contributed by atoms with Crippen LogP contribution in [0.15, 0.2) is 121 Å². The molecule has 0 bridgehead atoms. The van der Waals surface area contributed by atoms with E-state index >= 15 is 0 Å². The number of nitrogens with zero attached hydrogens (tertiary/aromatic N) is 1. The van der Waals surface area contributed by atoms with Crippen LogP contribution >= 0.6 is 11.6 Å². The van der Waals surface area contributed by atoms with Gasteiger partial charge in [-0.3, -0.25) is 0 Å². The third-order valence-electron chi connectivity index (χ3n) is 6.06. The molecule has 0 radical (unpaired) electrons. The molecule has 0 atom stereocenters. The van der Waals surface area contributed by atoms with Crippen LogP contribution in [0, 0.1) is 0 Å². The molecule has 32 heavy (non-hydrogen) atoms. The van der Waals surface area contributed by atoms with Gasteiger partial charge >= 0.3 is 0 Å². The van der Waals surface area contributed by atoms with E-state index in [0.717, 1.165) is 16.3 Å². The molecule has 0 N–H and O–H groups in total. The first-order valence-electron chi connectivity index (χ1n) is 10.7. The molecule has 1 nitrogen and oxygen atoms in total. The van der Waals surface area contributed by atoms with Gasteiger partial charge in [-0.2, -0.15) is 0 Å². The fourth-order valence-electron chi connectivity index (χ4n) is 4.61. The van der Waals surface area contributed by atoms with Gasteiger partial charge in [-0.05, 0) is 47.0 Å². The molecule has 2 heteroatoms. The molecule has 0 amide bonds. The Labute approximate surface area is 192 Å². The highest BCUT2D eigenvalue weighted by atomic mass is 35.5. The van der Waals surface area contributed by atoms with Crippen molar-refractivity contribution in [1.29, 1.82) is 0 Å². The van der Waals surface area contributed by atoms with E-state index in [1.165, 1.54) is 38.5 Å². The Hall–Kier alpha value is -3.81. The van der Waals surface area contributed by atoms with Crippen LogP contribution in [0.5, 0.6) is 0 Å². The summed E-state index contributed by atoms with van der Waals surface area (Å²) in [4.78, 5) is 0. The van der Waals surface area contributed by atoms with Gasteiger partial charge in [0.1, 0.15) is 0 Å². The second-order valence-corrected chi connectivity index (χ2v) is 8.41. The summed E-state index contributed by atoms with van der Waals surface area (Å²) in [6.07, 6.45) is 0. The molecule has 0 spiro atoms. The highest BCUT2D eigenvalue weighted by Crippen LogP contribution is 2.38. The summed E-state index contributed by atoms with van der Waals surface area (Å²) in [5.74, 6) is 0. The van der Waals surface area contributed by atoms with Gasteiger partial charge in [-0.25, -0.2) is 0 Å². The second kappa shape index (κ2) is 7.71. The zero-order valence-corrected chi connectivity index (χ0v) is 18.1. The molecule has 6 rings (SSSR count). The van der Waals surface area contributed by atoms with Gasteiger partial charge in [0.05, 0.1) is 16.7 Å². The molecule has 0 fully saturated rings. The summed E-state index contributed by atoms with van der Waals surface area (Å²) >= 11 is 6.54. The van der Waals surface area contributed by atoms with E-state index in [0.29, 0.717) is 0 Å². The van der Waals surface area contributed by atoms with Crippen molar-refractivity contribution in [3.8, 4) is 27.9 Å². The van der Waals surface area contributed by atoms with Gasteiger partial charge in [0.25, 0.3) is 0 Å². The fraction of sp³-hybridized carbons (Fsp3) is 0. The number of para-hydroxylation sites is 2. The number of hydrogen-bond acceptors (Lipinski definition) is 0. The molecule has 6 aromatic rings. The highest BCUT2D eigenvalue weighted by Gasteiger charge is 2.16. The number of rotatable bonds is 3. The van der Waals surface area contributed by atoms with E-state index in [1.54, 1.807) is 0 Å². The molecule has 0 saturated carbocycles. The Morgan fingerprint density at radius 3 is 1.78 bits per heavy atom. The normalized spacial score (nSPS) is 11.3. The summed E-state index contributed by atoms with van der Waals surface area (Å²) in [5, 5.41) is 3.21. The van der Waals surface area contributed by atoms with Crippen molar-refractivity contribution in [3.63, 3.8) is 0 Å². The lowest BCUT2D eigenvalue weighted by atomic mass is 9.98. The summed E-state index contributed by atoms with van der Waals surface area (Å²) in [6, 6.07) is 42.5. The zero-order valence-electron chi connectivity index (χ0n) is 17.4. The van der Waals surface area contributed by atoms with Crippen LogP contribution in [-0.4, -0.2) is 4.57 Å². The number of aromatic nitrogens is 1. The van der Waals surface area contributed by atoms with E-state index in [-0.39, 0.29) is 0 Å². The SMILES string of the molecule is Clc1ccc(-c2cccc(-c3ccccc3)c2)c(-n2c3ccccc3c3ccccc32)c1. The molecule has 0 aliphatic carbocycles. The summed E-state index contributed by atoms with van der Waals surface area (Å²) in [5.41, 5.74) is 8.17. The van der Waals surface area contributed by atoms with E-state index in [1.807, 2.05) is 12.1 Å². The first kappa shape index (κ1) is 18.9. The zero-order chi connectivity index (χ0) is 21.5. The minimum Gasteiger partial charge on any atom is -0.309 e. The lowest BCUT2D eigenvalue weighted by Crippen LogP contribution is -1.97. The number of fused-ring (bicyclic) bond motifs is 3. The smallest absolute Gasteiger partial charge is 0.0555 e. The molecule has 1 heterocycles. The standard InChI is InChI=1S/C30H20ClN/c31-24-17-18-25(23-12-8-11-22(19-23)21-9-2-1-3-10-21)30(20-24)32-28-15-6-4-13-26(28)27-14-5-7-16-29(27)32/h1-20H. The monoisotopic (exact) mass is 429 g/mol. The Balaban J connectivity index is 1.64. The average Bonchev–Trinajstić information content (AvgIpc) is 3.19. The summed E-state index contributed by atoms with van der Waals surface area (Å²) in [7, 11) is 0. The van der Waals surface area contributed by atoms with Crippen LogP contribution in [0.4, 0.5) is 0 Å². The quantitative estimate of drug-likeness (QED) is 0.265. The summed E-state index contributed by atoms with van der Waals surface area (Å²) < 4.78 is 2.33. The Bertz CT molecular complexity index is 1520. The van der Waals surface area contributed by atoms with Crippen LogP contribution in [0.3, 0.4) is 0 Å². The predicted molar refractivity (Wildman–Crippen MR) is 137 cm³/mol. The van der Waals surface area contributed by atoms with Crippen molar-refractivity contribution in [2.24, 2.45) is 0 Å². The maximum Gasteiger partial charge on any atom is 0.0555 e. The molecule has 152 valence electrons. The van der Waals surface area contributed by atoms with Gasteiger partial charge < -0.3 is 4.57 Å². The third kappa shape index (κ3) is 3.10. The molecule has 0 aliphatic rings. The second-order valence-electron chi connectivity index (χ2n) is 7.98. The fourth-order valence-corrected chi connectivity index (χ4v) is 4.78. The van der Waals surface area contributed by atoms with Crippen molar-refractivity contribution in [2.75, 3.05) is 0 Å². The molecule has 0 saturated heterocycles. The number of benzene rings is 5. The molecular formula is C30H20ClN. The lowest BCUT2D eigenvalue weighted by Gasteiger charge is -2.15. The van der Waals surface area contributed by atoms with E-state index < -0.39 is 0 Å². The average molecular weight is 430 g/mol. The van der Waals surface area contributed by atoms with Gasteiger partial charge in [0.2, 0.25) is 0 Å². The third-order valence-corrected chi connectivity index (χ3v) is 6.30. The molecule has 5 aromatic carbocycles. The Morgan fingerprint density at radius 1 is 0.469 bits per heavy atom. The number of halogens is 1. The van der Waals surface area contributed by atoms with E-state index in [9.17, 15) is 0 Å². The largest absolute Gasteiger partial charge is 0.309 e. The van der Waals surface area contributed by atoms with Crippen LogP contribution < -0.4 is 0 Å². The molecular weight excluding hydrogens is 410 g/mol. The van der Waals surface area contributed by atoms with Gasteiger partial charge in [-0.1, -0.05) is 103 Å². The van der Waals surface area contributed by atoms with Crippen molar-refractivity contribution >= 4 is 33.4 Å². The van der Waals surface area contributed by atoms with Crippen molar-refractivity contribution < 1.29 is 0 Å². The molecule has 0 unspecified atom stereocenters. The minimum atomic E-state index is 0.727. The van der Waals surface area contributed by atoms with Gasteiger partial charge in [-0.15, -0.1) is 0 Å². The summed E-state index contributed by atoms with van der Waals surface area (Å²) in [6.45, 7) is 0. The Morgan fingerprint density at radius 2 is 1.06 bits per heavy atom. The minimum absolute atomic E-state index is 0.727. The molecule has 0 aliphatic heterocycles. The van der Waals surface area contributed by atoms with Gasteiger partial charge in [0.15, 0.2) is 0 Å². The van der Waals surface area contributed by atoms with Crippen LogP contribution in [0.1, 0.15) is 0 Å². The van der Waals surface area contributed by atoms with Crippen LogP contribution in [0.2, 0.25) is 5.02 Å². The maximum atomic E-state index is 6.54. The Kier molecular flexibility index (Phi) is 4.56. The van der Waals surface area contributed by atoms with E-state index in [2.05, 4.69) is 114 Å². The van der Waals surface area contributed by atoms with Crippen LogP contribution in [-0.2, 0) is 0 Å². The lowest BCUT2D eigenvalue weighted by molar-refractivity contribution is 1.18. The van der Waals surface area contributed by atoms with Crippen molar-refractivity contribution in [2.45, 2.75) is 0 Å². The van der Waals surface area contributed by atoms with Crippen molar-refractivity contribution in [3.05, 3.63) is 126 Å². The van der Waals surface area contributed by atoms with Crippen molar-refractivity contribution in [1.82, 2.24) is 4.57 Å². The number of hydrogen-bond donors (Lipinski definition) is 0. The maximum absolute atomic E-state index is 6.54.